The van der Waals surface area contributed by atoms with Crippen LogP contribution in [0, 0.1) is 0 Å². The Bertz CT molecular complexity index is 973. The molecule has 6 nitrogen and oxygen atoms in total. The molecule has 1 aromatic heterocycles. The predicted octanol–water partition coefficient (Wildman–Crippen LogP) is 4.60. The summed E-state index contributed by atoms with van der Waals surface area (Å²) < 4.78 is 31.7. The van der Waals surface area contributed by atoms with Crippen LogP contribution in [0.5, 0.6) is 0 Å². The standard InChI is InChI=1S/C22H27NO5S/c1-21(2)13-9-14-22(3,4)23(21)28-20(24)19(16-17-10-8-15-27-17)29(25,26)18-11-6-5-7-12-18/h5-8,10-12,15-16H,9,13-14H2,1-4H3/b19-16+. The lowest BCUT2D eigenvalue weighted by Crippen LogP contribution is -2.59. The third-order valence-corrected chi connectivity index (χ3v) is 6.97. The summed E-state index contributed by atoms with van der Waals surface area (Å²) in [5.41, 5.74) is -0.826. The van der Waals surface area contributed by atoms with Crippen LogP contribution in [0.4, 0.5) is 0 Å². The summed E-state index contributed by atoms with van der Waals surface area (Å²) in [4.78, 5) is 18.5. The van der Waals surface area contributed by atoms with Gasteiger partial charge >= 0.3 is 5.97 Å². The molecule has 1 aromatic carbocycles. The van der Waals surface area contributed by atoms with E-state index in [1.165, 1.54) is 24.5 Å². The smallest absolute Gasteiger partial charge is 0.369 e. The number of hydrogen-bond acceptors (Lipinski definition) is 6. The second-order valence-electron chi connectivity index (χ2n) is 8.49. The molecule has 29 heavy (non-hydrogen) atoms. The Hall–Kier alpha value is -2.38. The van der Waals surface area contributed by atoms with E-state index in [4.69, 9.17) is 9.25 Å². The fourth-order valence-corrected chi connectivity index (χ4v) is 5.12. The van der Waals surface area contributed by atoms with Gasteiger partial charge < -0.3 is 9.25 Å². The molecule has 0 atom stereocenters. The fourth-order valence-electron chi connectivity index (χ4n) is 3.83. The molecule has 2 heterocycles. The van der Waals surface area contributed by atoms with Crippen LogP contribution in [0.15, 0.2) is 62.9 Å². The minimum atomic E-state index is -4.10. The summed E-state index contributed by atoms with van der Waals surface area (Å²) in [7, 11) is -4.10. The van der Waals surface area contributed by atoms with Gasteiger partial charge in [-0.05, 0) is 71.2 Å². The number of carbonyl (C=O) groups is 1. The molecular formula is C22H27NO5S. The number of furan rings is 1. The minimum absolute atomic E-state index is 0.0203. The van der Waals surface area contributed by atoms with Gasteiger partial charge in [0.05, 0.1) is 22.2 Å². The number of nitrogens with zero attached hydrogens (tertiary/aromatic N) is 1. The minimum Gasteiger partial charge on any atom is -0.465 e. The zero-order valence-corrected chi connectivity index (χ0v) is 18.0. The van der Waals surface area contributed by atoms with Crippen molar-refractivity contribution in [3.63, 3.8) is 0 Å². The Morgan fingerprint density at radius 2 is 1.66 bits per heavy atom. The number of hydroxylamine groups is 2. The summed E-state index contributed by atoms with van der Waals surface area (Å²) in [6.07, 6.45) is 5.32. The first-order valence-corrected chi connectivity index (χ1v) is 11.1. The highest BCUT2D eigenvalue weighted by Gasteiger charge is 2.45. The number of piperidine rings is 1. The highest BCUT2D eigenvalue weighted by atomic mass is 32.2. The number of benzene rings is 1. The molecule has 0 N–H and O–H groups in total. The van der Waals surface area contributed by atoms with Gasteiger partial charge in [0.2, 0.25) is 9.84 Å². The van der Waals surface area contributed by atoms with Crippen LogP contribution in [0.2, 0.25) is 0 Å². The maximum absolute atomic E-state index is 13.2. The Morgan fingerprint density at radius 3 is 2.21 bits per heavy atom. The van der Waals surface area contributed by atoms with Gasteiger partial charge in [-0.3, -0.25) is 0 Å². The molecule has 156 valence electrons. The summed E-state index contributed by atoms with van der Waals surface area (Å²) >= 11 is 0. The molecule has 0 radical (unpaired) electrons. The molecule has 7 heteroatoms. The zero-order valence-electron chi connectivity index (χ0n) is 17.2. The Labute approximate surface area is 172 Å². The van der Waals surface area contributed by atoms with Gasteiger partial charge in [-0.15, -0.1) is 5.06 Å². The lowest BCUT2D eigenvalue weighted by atomic mass is 9.82. The highest BCUT2D eigenvalue weighted by molar-refractivity contribution is 7.96. The third kappa shape index (κ3) is 4.46. The molecule has 1 aliphatic heterocycles. The van der Waals surface area contributed by atoms with Gasteiger partial charge in [-0.1, -0.05) is 18.2 Å². The van der Waals surface area contributed by atoms with Gasteiger partial charge in [0.25, 0.3) is 0 Å². The number of sulfone groups is 1. The highest BCUT2D eigenvalue weighted by Crippen LogP contribution is 2.39. The first-order chi connectivity index (χ1) is 13.5. The molecule has 1 saturated heterocycles. The van der Waals surface area contributed by atoms with Crippen molar-refractivity contribution in [3.05, 3.63) is 59.4 Å². The maximum Gasteiger partial charge on any atom is 0.369 e. The van der Waals surface area contributed by atoms with E-state index in [0.29, 0.717) is 0 Å². The van der Waals surface area contributed by atoms with Crippen LogP contribution < -0.4 is 0 Å². The molecule has 0 spiro atoms. The van der Waals surface area contributed by atoms with Crippen LogP contribution in [0.1, 0.15) is 52.7 Å². The Kier molecular flexibility index (Phi) is 5.74. The lowest BCUT2D eigenvalue weighted by Gasteiger charge is -2.50. The summed E-state index contributed by atoms with van der Waals surface area (Å²) in [6, 6.07) is 11.1. The van der Waals surface area contributed by atoms with E-state index in [1.807, 2.05) is 27.7 Å². The van der Waals surface area contributed by atoms with Crippen LogP contribution in [0.3, 0.4) is 0 Å². The van der Waals surface area contributed by atoms with E-state index in [9.17, 15) is 13.2 Å². The van der Waals surface area contributed by atoms with Gasteiger partial charge in [0.15, 0.2) is 4.91 Å². The zero-order chi connectivity index (χ0) is 21.3. The molecule has 1 fully saturated rings. The molecule has 2 aromatic rings. The molecule has 0 unspecified atom stereocenters. The van der Waals surface area contributed by atoms with Crippen molar-refractivity contribution in [2.45, 2.75) is 62.9 Å². The molecule has 3 rings (SSSR count). The first kappa shape index (κ1) is 21.3. The Morgan fingerprint density at radius 1 is 1.03 bits per heavy atom. The van der Waals surface area contributed by atoms with Crippen molar-refractivity contribution in [2.75, 3.05) is 0 Å². The van der Waals surface area contributed by atoms with E-state index >= 15 is 0 Å². The van der Waals surface area contributed by atoms with Crippen molar-refractivity contribution >= 4 is 21.9 Å². The van der Waals surface area contributed by atoms with E-state index in [-0.39, 0.29) is 10.7 Å². The first-order valence-electron chi connectivity index (χ1n) is 9.62. The SMILES string of the molecule is CC1(C)CCCC(C)(C)N1OC(=O)/C(=C\c1ccco1)S(=O)(=O)c1ccccc1. The van der Waals surface area contributed by atoms with E-state index in [0.717, 1.165) is 19.3 Å². The normalized spacial score (nSPS) is 19.7. The second-order valence-corrected chi connectivity index (χ2v) is 10.4. The van der Waals surface area contributed by atoms with E-state index < -0.39 is 31.8 Å². The number of carbonyl (C=O) groups excluding carboxylic acids is 1. The Balaban J connectivity index is 2.02. The fraction of sp³-hybridized carbons (Fsp3) is 0.409. The molecule has 0 saturated carbocycles. The monoisotopic (exact) mass is 417 g/mol. The van der Waals surface area contributed by atoms with Crippen molar-refractivity contribution in [2.24, 2.45) is 0 Å². The largest absolute Gasteiger partial charge is 0.465 e. The van der Waals surface area contributed by atoms with Gasteiger partial charge in [-0.25, -0.2) is 13.2 Å². The van der Waals surface area contributed by atoms with E-state index in [2.05, 4.69) is 0 Å². The van der Waals surface area contributed by atoms with Crippen LogP contribution in [-0.4, -0.2) is 30.5 Å². The maximum atomic E-state index is 13.2. The van der Waals surface area contributed by atoms with Crippen LogP contribution in [0.25, 0.3) is 6.08 Å². The predicted molar refractivity (Wildman–Crippen MR) is 110 cm³/mol. The summed E-state index contributed by atoms with van der Waals surface area (Å²) in [6.45, 7) is 7.96. The topological polar surface area (TPSA) is 76.8 Å². The van der Waals surface area contributed by atoms with Crippen molar-refractivity contribution in [3.8, 4) is 0 Å². The molecule has 0 bridgehead atoms. The van der Waals surface area contributed by atoms with Crippen molar-refractivity contribution in [1.29, 1.82) is 0 Å². The van der Waals surface area contributed by atoms with Gasteiger partial charge in [0, 0.05) is 6.08 Å². The van der Waals surface area contributed by atoms with Gasteiger partial charge in [-0.2, -0.15) is 0 Å². The second kappa shape index (κ2) is 7.80. The molecule has 0 amide bonds. The lowest BCUT2D eigenvalue weighted by molar-refractivity contribution is -0.261. The number of hydrogen-bond donors (Lipinski definition) is 0. The number of rotatable bonds is 5. The quantitative estimate of drug-likeness (QED) is 0.662. The van der Waals surface area contributed by atoms with Crippen molar-refractivity contribution in [1.82, 2.24) is 5.06 Å². The molecule has 0 aliphatic carbocycles. The van der Waals surface area contributed by atoms with Gasteiger partial charge in [0.1, 0.15) is 5.76 Å². The molecule has 1 aliphatic rings. The average molecular weight is 418 g/mol. The average Bonchev–Trinajstić information content (AvgIpc) is 3.16. The summed E-state index contributed by atoms with van der Waals surface area (Å²) in [5.74, 6) is -0.665. The molecular weight excluding hydrogens is 390 g/mol. The van der Waals surface area contributed by atoms with E-state index in [1.54, 1.807) is 35.4 Å². The summed E-state index contributed by atoms with van der Waals surface area (Å²) in [5, 5.41) is 1.64. The van der Waals surface area contributed by atoms with Crippen LogP contribution in [-0.2, 0) is 19.5 Å². The van der Waals surface area contributed by atoms with Crippen molar-refractivity contribution < 1.29 is 22.5 Å². The van der Waals surface area contributed by atoms with Crippen LogP contribution >= 0.6 is 0 Å². The third-order valence-electron chi connectivity index (χ3n) is 5.21.